The van der Waals surface area contributed by atoms with Crippen LogP contribution in [0.15, 0.2) is 42.5 Å². The van der Waals surface area contributed by atoms with E-state index in [4.69, 9.17) is 10.5 Å². The molecule has 0 radical (unpaired) electrons. The fourth-order valence-electron chi connectivity index (χ4n) is 3.63. The number of esters is 1. The number of carbonyl (C=O) groups is 3. The molecule has 2 amide bonds. The predicted molar refractivity (Wildman–Crippen MR) is 132 cm³/mol. The number of quaternary nitrogens is 1. The number of benzene rings is 2. The van der Waals surface area contributed by atoms with Crippen LogP contribution in [0.2, 0.25) is 0 Å². The molecule has 1 heterocycles. The zero-order valence-corrected chi connectivity index (χ0v) is 20.5. The molecule has 36 heavy (non-hydrogen) atoms. The Kier molecular flexibility index (Phi) is 9.29. The van der Waals surface area contributed by atoms with Gasteiger partial charge in [-0.25, -0.2) is 9.59 Å². The van der Waals surface area contributed by atoms with Gasteiger partial charge in [0.25, 0.3) is 0 Å². The van der Waals surface area contributed by atoms with Crippen molar-refractivity contribution in [3.8, 4) is 11.5 Å². The largest absolute Gasteiger partial charge is 0.612 e. The average Bonchev–Trinajstić information content (AvgIpc) is 3.13. The summed E-state index contributed by atoms with van der Waals surface area (Å²) < 4.78 is 8.07. The third kappa shape index (κ3) is 6.95. The quantitative estimate of drug-likeness (QED) is 0.132. The Morgan fingerprint density at radius 1 is 1.22 bits per heavy atom. The lowest BCUT2D eigenvalue weighted by atomic mass is 10.0. The van der Waals surface area contributed by atoms with Gasteiger partial charge in [0.05, 0.1) is 43.4 Å². The highest BCUT2D eigenvalue weighted by molar-refractivity contribution is 7.94. The van der Waals surface area contributed by atoms with Crippen molar-refractivity contribution in [2.75, 3.05) is 20.3 Å². The van der Waals surface area contributed by atoms with Crippen LogP contribution in [0.5, 0.6) is 11.5 Å². The van der Waals surface area contributed by atoms with Gasteiger partial charge in [0, 0.05) is 6.54 Å². The highest BCUT2D eigenvalue weighted by Gasteiger charge is 2.38. The van der Waals surface area contributed by atoms with Gasteiger partial charge in [0.15, 0.2) is 0 Å². The van der Waals surface area contributed by atoms with Crippen molar-refractivity contribution in [1.82, 2.24) is 5.32 Å². The Bertz CT molecular complexity index is 1090. The van der Waals surface area contributed by atoms with Crippen molar-refractivity contribution in [3.63, 3.8) is 0 Å². The summed E-state index contributed by atoms with van der Waals surface area (Å²) in [6.07, 6.45) is 1.38. The number of nitrogens with one attached hydrogen (secondary N) is 1. The standard InChI is InChI=1S/C24H28N3O8S/c1-34-24(31)22-18(28)5-4-6-19(22)35-12-3-2-11-26-23(30)17(25)13-15-7-9-16(10-8-15)20-14-21(29)27(32,33)36-20/h4-10,17,20,28H,2-3,11-14,25H2,1H3,(H,26,30)/q-1/t17-,20?/m0/s1. The van der Waals surface area contributed by atoms with Crippen molar-refractivity contribution < 1.29 is 33.2 Å². The van der Waals surface area contributed by atoms with Crippen LogP contribution in [0.4, 0.5) is 0 Å². The van der Waals surface area contributed by atoms with Crippen molar-refractivity contribution >= 4 is 29.7 Å². The molecule has 2 aromatic carbocycles. The molecule has 194 valence electrons. The third-order valence-corrected chi connectivity index (χ3v) is 6.77. The molecule has 1 fully saturated rings. The van der Waals surface area contributed by atoms with Crippen molar-refractivity contribution in [2.24, 2.45) is 5.73 Å². The molecule has 1 unspecified atom stereocenters. The molecule has 0 aliphatic carbocycles. The van der Waals surface area contributed by atoms with Crippen molar-refractivity contribution in [2.45, 2.75) is 37.0 Å². The average molecular weight is 519 g/mol. The van der Waals surface area contributed by atoms with E-state index in [0.717, 1.165) is 5.56 Å². The number of carbonyl (C=O) groups excluding carboxylic acids is 3. The van der Waals surface area contributed by atoms with E-state index in [1.165, 1.54) is 13.2 Å². The normalized spacial score (nSPS) is 17.4. The molecular formula is C24H28N3O8S-. The molecule has 0 spiro atoms. The molecule has 0 aromatic heterocycles. The van der Waals surface area contributed by atoms with Gasteiger partial charge in [-0.1, -0.05) is 30.3 Å². The SMILES string of the molecule is COC(=O)c1c(O)cccc1OCCCCNC(=O)[C@@H](N)Cc1ccc(C2CC(=O)[N+]([O-])([O-])S2)cc1. The molecule has 11 nitrogen and oxygen atoms in total. The molecule has 1 aliphatic rings. The Hall–Kier alpha value is -3.16. The predicted octanol–water partition coefficient (Wildman–Crippen LogP) is 2.46. The summed E-state index contributed by atoms with van der Waals surface area (Å²) >= 11 is 0.518. The molecule has 0 bridgehead atoms. The van der Waals surface area contributed by atoms with Gasteiger partial charge in [-0.15, -0.1) is 0 Å². The van der Waals surface area contributed by atoms with E-state index >= 15 is 0 Å². The van der Waals surface area contributed by atoms with Gasteiger partial charge >= 0.3 is 11.9 Å². The van der Waals surface area contributed by atoms with Crippen molar-refractivity contribution in [3.05, 3.63) is 69.6 Å². The molecule has 3 rings (SSSR count). The van der Waals surface area contributed by atoms with Crippen LogP contribution in [0.3, 0.4) is 0 Å². The number of phenols is 1. The number of rotatable bonds is 11. The number of ether oxygens (including phenoxy) is 2. The first-order chi connectivity index (χ1) is 17.1. The number of phenolic OH excluding ortho intramolecular Hbond substituents is 1. The summed E-state index contributed by atoms with van der Waals surface area (Å²) in [5.74, 6) is -1.91. The van der Waals surface area contributed by atoms with E-state index in [0.29, 0.717) is 43.3 Å². The van der Waals surface area contributed by atoms with E-state index in [-0.39, 0.29) is 36.0 Å². The van der Waals surface area contributed by atoms with Crippen LogP contribution in [-0.4, -0.2) is 53.4 Å². The molecule has 0 saturated carbocycles. The number of methoxy groups -OCH3 is 1. The fourth-order valence-corrected chi connectivity index (χ4v) is 4.65. The lowest BCUT2D eigenvalue weighted by Crippen LogP contribution is -2.42. The first-order valence-corrected chi connectivity index (χ1v) is 12.1. The molecule has 2 atom stereocenters. The topological polar surface area (TPSA) is 174 Å². The van der Waals surface area contributed by atoms with Crippen molar-refractivity contribution in [1.29, 1.82) is 0 Å². The van der Waals surface area contributed by atoms with Crippen LogP contribution in [0.25, 0.3) is 0 Å². The lowest BCUT2D eigenvalue weighted by molar-refractivity contribution is -0.593. The monoisotopic (exact) mass is 518 g/mol. The highest BCUT2D eigenvalue weighted by Crippen LogP contribution is 2.46. The maximum atomic E-state index is 12.3. The maximum absolute atomic E-state index is 12.3. The third-order valence-electron chi connectivity index (χ3n) is 5.60. The van der Waals surface area contributed by atoms with Gasteiger partial charge in [-0.05, 0) is 42.5 Å². The zero-order valence-electron chi connectivity index (χ0n) is 19.7. The van der Waals surface area contributed by atoms with E-state index in [1.54, 1.807) is 36.4 Å². The van der Waals surface area contributed by atoms with Crippen LogP contribution in [0.1, 0.15) is 46.0 Å². The van der Waals surface area contributed by atoms with Gasteiger partial charge < -0.3 is 36.0 Å². The van der Waals surface area contributed by atoms with E-state index in [9.17, 15) is 29.9 Å². The highest BCUT2D eigenvalue weighted by atomic mass is 32.2. The second-order valence-corrected chi connectivity index (χ2v) is 9.49. The zero-order chi connectivity index (χ0) is 26.3. The van der Waals surface area contributed by atoms with E-state index in [1.807, 2.05) is 0 Å². The van der Waals surface area contributed by atoms with Gasteiger partial charge in [0.1, 0.15) is 17.1 Å². The number of hydroxylamine groups is 2. The van der Waals surface area contributed by atoms with Crippen LogP contribution >= 0.6 is 11.9 Å². The molecule has 1 saturated heterocycles. The maximum Gasteiger partial charge on any atom is 0.345 e. The number of aromatic hydroxyl groups is 1. The first kappa shape index (κ1) is 27.4. The minimum Gasteiger partial charge on any atom is -0.612 e. The molecular weight excluding hydrogens is 490 g/mol. The Labute approximate surface area is 212 Å². The number of unbranched alkanes of at least 4 members (excludes halogenated alkanes) is 1. The Morgan fingerprint density at radius 2 is 1.94 bits per heavy atom. The minimum absolute atomic E-state index is 0.0362. The first-order valence-electron chi connectivity index (χ1n) is 11.3. The molecule has 1 aliphatic heterocycles. The number of hydrogen-bond donors (Lipinski definition) is 3. The smallest absolute Gasteiger partial charge is 0.345 e. The summed E-state index contributed by atoms with van der Waals surface area (Å²) in [6, 6.07) is 10.7. The van der Waals surface area contributed by atoms with Crippen LogP contribution in [0, 0.1) is 10.4 Å². The van der Waals surface area contributed by atoms with Crippen LogP contribution in [-0.2, 0) is 20.7 Å². The molecule has 4 N–H and O–H groups in total. The molecule has 12 heteroatoms. The Balaban J connectivity index is 1.37. The van der Waals surface area contributed by atoms with Gasteiger partial charge in [-0.2, -0.15) is 0 Å². The van der Waals surface area contributed by atoms with Gasteiger partial charge in [-0.3, -0.25) is 9.01 Å². The Morgan fingerprint density at radius 3 is 2.58 bits per heavy atom. The summed E-state index contributed by atoms with van der Waals surface area (Å²) in [6.45, 7) is 0.654. The molecule has 2 aromatic rings. The van der Waals surface area contributed by atoms with E-state index in [2.05, 4.69) is 10.1 Å². The van der Waals surface area contributed by atoms with E-state index < -0.39 is 27.4 Å². The lowest BCUT2D eigenvalue weighted by Gasteiger charge is -2.36. The summed E-state index contributed by atoms with van der Waals surface area (Å²) in [4.78, 5) is 35.6. The fraction of sp³-hybridized carbons (Fsp3) is 0.375. The number of hydrogen-bond acceptors (Lipinski definition) is 10. The number of nitrogens with zero attached hydrogens (tertiary/aromatic N) is 1. The summed E-state index contributed by atoms with van der Waals surface area (Å²) in [5, 5.41) is 35.1. The summed E-state index contributed by atoms with van der Waals surface area (Å²) in [7, 11) is 1.22. The second kappa shape index (κ2) is 12.2. The van der Waals surface area contributed by atoms with Crippen LogP contribution < -0.4 is 15.8 Å². The number of amides is 2. The second-order valence-electron chi connectivity index (χ2n) is 8.23. The van der Waals surface area contributed by atoms with Gasteiger partial charge in [0.2, 0.25) is 5.91 Å². The minimum atomic E-state index is -2.17. The number of nitrogens with two attached hydrogens (primary N) is 1. The summed E-state index contributed by atoms with van der Waals surface area (Å²) in [5.41, 5.74) is 7.49.